The minimum absolute atomic E-state index is 0.236. The quantitative estimate of drug-likeness (QED) is 0.224. The molecule has 200 valence electrons. The van der Waals surface area contributed by atoms with Crippen LogP contribution in [0.2, 0.25) is 0 Å². The number of benzene rings is 4. The lowest BCUT2D eigenvalue weighted by atomic mass is 10.00. The molecule has 2 heterocycles. The predicted molar refractivity (Wildman–Crippen MR) is 161 cm³/mol. The molecule has 4 aromatic carbocycles. The van der Waals surface area contributed by atoms with Gasteiger partial charge in [-0.3, -0.25) is 19.3 Å². The van der Waals surface area contributed by atoms with E-state index in [1.165, 1.54) is 5.56 Å². The summed E-state index contributed by atoms with van der Waals surface area (Å²) in [5.74, 6) is -0.118. The van der Waals surface area contributed by atoms with Crippen LogP contribution in [0, 0.1) is 0 Å². The molecule has 0 bridgehead atoms. The number of halogens is 1. The zero-order valence-electron chi connectivity index (χ0n) is 21.5. The largest absolute Gasteiger partial charge is 0.488 e. The normalized spacial score (nSPS) is 16.1. The SMILES string of the molecule is O=C(CN1C(=O)S/C(=C\c2cc(Br)ccc2OCc2ccc3ccccc3c2)C1=O)N1CCc2ccccc2C1. The van der Waals surface area contributed by atoms with Gasteiger partial charge in [0.2, 0.25) is 5.91 Å². The molecule has 0 aliphatic carbocycles. The Labute approximate surface area is 244 Å². The van der Waals surface area contributed by atoms with E-state index in [9.17, 15) is 14.4 Å². The van der Waals surface area contributed by atoms with Gasteiger partial charge >= 0.3 is 0 Å². The Kier molecular flexibility index (Phi) is 7.45. The predicted octanol–water partition coefficient (Wildman–Crippen LogP) is 6.80. The highest BCUT2D eigenvalue weighted by Crippen LogP contribution is 2.35. The number of hydrogen-bond donors (Lipinski definition) is 0. The molecule has 8 heteroatoms. The highest BCUT2D eigenvalue weighted by molar-refractivity contribution is 9.10. The fourth-order valence-electron chi connectivity index (χ4n) is 4.97. The third-order valence-corrected chi connectivity index (χ3v) is 8.52. The molecule has 1 saturated heterocycles. The highest BCUT2D eigenvalue weighted by atomic mass is 79.9. The molecule has 6 rings (SSSR count). The van der Waals surface area contributed by atoms with Crippen molar-refractivity contribution in [2.45, 2.75) is 19.6 Å². The summed E-state index contributed by atoms with van der Waals surface area (Å²) in [4.78, 5) is 42.1. The zero-order chi connectivity index (χ0) is 27.6. The fraction of sp³-hybridized carbons (Fsp3) is 0.156. The van der Waals surface area contributed by atoms with Gasteiger partial charge in [0, 0.05) is 23.1 Å². The van der Waals surface area contributed by atoms with E-state index in [-0.39, 0.29) is 17.4 Å². The molecule has 1 fully saturated rings. The van der Waals surface area contributed by atoms with Gasteiger partial charge in [-0.25, -0.2) is 0 Å². The topological polar surface area (TPSA) is 66.9 Å². The number of amides is 3. The van der Waals surface area contributed by atoms with Crippen LogP contribution >= 0.6 is 27.7 Å². The number of ether oxygens (including phenoxy) is 1. The van der Waals surface area contributed by atoms with Gasteiger partial charge in [0.05, 0.1) is 4.91 Å². The Morgan fingerprint density at radius 1 is 0.925 bits per heavy atom. The van der Waals surface area contributed by atoms with Crippen molar-refractivity contribution in [3.8, 4) is 5.75 Å². The van der Waals surface area contributed by atoms with E-state index < -0.39 is 11.1 Å². The summed E-state index contributed by atoms with van der Waals surface area (Å²) in [5.41, 5.74) is 4.02. The summed E-state index contributed by atoms with van der Waals surface area (Å²) >= 11 is 4.33. The summed E-state index contributed by atoms with van der Waals surface area (Å²) in [7, 11) is 0. The molecule has 0 saturated carbocycles. The number of thioether (sulfide) groups is 1. The average molecular weight is 614 g/mol. The van der Waals surface area contributed by atoms with Gasteiger partial charge in [-0.2, -0.15) is 0 Å². The van der Waals surface area contributed by atoms with Gasteiger partial charge in [-0.15, -0.1) is 0 Å². The molecule has 0 radical (unpaired) electrons. The summed E-state index contributed by atoms with van der Waals surface area (Å²) in [6, 6.07) is 27.9. The molecule has 4 aromatic rings. The Bertz CT molecular complexity index is 1680. The maximum atomic E-state index is 13.2. The number of rotatable bonds is 6. The summed E-state index contributed by atoms with van der Waals surface area (Å²) < 4.78 is 6.97. The third kappa shape index (κ3) is 5.55. The molecule has 2 aliphatic heterocycles. The minimum Gasteiger partial charge on any atom is -0.488 e. The van der Waals surface area contributed by atoms with Crippen LogP contribution in [0.15, 0.2) is 94.3 Å². The molecular weight excluding hydrogens is 588 g/mol. The Hall–Kier alpha value is -3.88. The highest BCUT2D eigenvalue weighted by Gasteiger charge is 2.37. The van der Waals surface area contributed by atoms with Crippen molar-refractivity contribution in [2.75, 3.05) is 13.1 Å². The fourth-order valence-corrected chi connectivity index (χ4v) is 6.18. The van der Waals surface area contributed by atoms with Crippen LogP contribution in [0.25, 0.3) is 16.8 Å². The first-order valence-electron chi connectivity index (χ1n) is 12.9. The average Bonchev–Trinajstić information content (AvgIpc) is 3.23. The van der Waals surface area contributed by atoms with Crippen molar-refractivity contribution in [3.63, 3.8) is 0 Å². The van der Waals surface area contributed by atoms with Crippen LogP contribution < -0.4 is 4.74 Å². The van der Waals surface area contributed by atoms with Gasteiger partial charge in [-0.05, 0) is 76.0 Å². The molecule has 6 nitrogen and oxygen atoms in total. The first-order chi connectivity index (χ1) is 19.4. The number of fused-ring (bicyclic) bond motifs is 2. The summed E-state index contributed by atoms with van der Waals surface area (Å²) in [6.45, 7) is 1.13. The molecule has 0 unspecified atom stereocenters. The lowest BCUT2D eigenvalue weighted by Gasteiger charge is -2.29. The Morgan fingerprint density at radius 2 is 1.70 bits per heavy atom. The monoisotopic (exact) mass is 612 g/mol. The molecule has 2 aliphatic rings. The van der Waals surface area contributed by atoms with Crippen LogP contribution in [0.5, 0.6) is 5.75 Å². The van der Waals surface area contributed by atoms with Crippen molar-refractivity contribution >= 4 is 61.6 Å². The second-order valence-electron chi connectivity index (χ2n) is 9.75. The third-order valence-electron chi connectivity index (χ3n) is 7.12. The molecule has 3 amide bonds. The van der Waals surface area contributed by atoms with E-state index >= 15 is 0 Å². The number of carbonyl (C=O) groups is 3. The van der Waals surface area contributed by atoms with Crippen molar-refractivity contribution in [2.24, 2.45) is 0 Å². The van der Waals surface area contributed by atoms with E-state index in [0.29, 0.717) is 31.0 Å². The van der Waals surface area contributed by atoms with Gasteiger partial charge < -0.3 is 9.64 Å². The first kappa shape index (κ1) is 26.3. The second kappa shape index (κ2) is 11.3. The van der Waals surface area contributed by atoms with Crippen LogP contribution in [-0.2, 0) is 29.2 Å². The Morgan fingerprint density at radius 3 is 2.55 bits per heavy atom. The van der Waals surface area contributed by atoms with Crippen molar-refractivity contribution < 1.29 is 19.1 Å². The Balaban J connectivity index is 1.16. The maximum Gasteiger partial charge on any atom is 0.294 e. The minimum atomic E-state index is -0.471. The molecular formula is C32H25BrN2O4S. The molecule has 0 atom stereocenters. The number of hydrogen-bond acceptors (Lipinski definition) is 5. The van der Waals surface area contributed by atoms with Gasteiger partial charge in [0.25, 0.3) is 11.1 Å². The second-order valence-corrected chi connectivity index (χ2v) is 11.7. The van der Waals surface area contributed by atoms with Crippen LogP contribution in [0.4, 0.5) is 4.79 Å². The van der Waals surface area contributed by atoms with Crippen molar-refractivity contribution in [3.05, 3.63) is 117 Å². The van der Waals surface area contributed by atoms with Gasteiger partial charge in [-0.1, -0.05) is 76.6 Å². The van der Waals surface area contributed by atoms with Crippen LogP contribution in [0.3, 0.4) is 0 Å². The van der Waals surface area contributed by atoms with E-state index in [4.69, 9.17) is 4.74 Å². The van der Waals surface area contributed by atoms with Crippen molar-refractivity contribution in [1.82, 2.24) is 9.80 Å². The van der Waals surface area contributed by atoms with Crippen LogP contribution in [-0.4, -0.2) is 39.9 Å². The maximum absolute atomic E-state index is 13.2. The first-order valence-corrected chi connectivity index (χ1v) is 14.6. The van der Waals surface area contributed by atoms with Crippen molar-refractivity contribution in [1.29, 1.82) is 0 Å². The number of imide groups is 1. The summed E-state index contributed by atoms with van der Waals surface area (Å²) in [6.07, 6.45) is 2.42. The lowest BCUT2D eigenvalue weighted by Crippen LogP contribution is -2.44. The molecule has 0 aromatic heterocycles. The van der Waals surface area contributed by atoms with Gasteiger partial charge in [0.15, 0.2) is 0 Å². The molecule has 0 spiro atoms. The van der Waals surface area contributed by atoms with E-state index in [1.54, 1.807) is 11.0 Å². The van der Waals surface area contributed by atoms with E-state index in [0.717, 1.165) is 49.5 Å². The summed E-state index contributed by atoms with van der Waals surface area (Å²) in [5, 5.41) is 1.85. The smallest absolute Gasteiger partial charge is 0.294 e. The number of carbonyl (C=O) groups excluding carboxylic acids is 3. The van der Waals surface area contributed by atoms with Crippen LogP contribution in [0.1, 0.15) is 22.3 Å². The number of nitrogens with zero attached hydrogens (tertiary/aromatic N) is 2. The lowest BCUT2D eigenvalue weighted by molar-refractivity contribution is -0.136. The molecule has 0 N–H and O–H groups in total. The molecule has 40 heavy (non-hydrogen) atoms. The standard InChI is InChI=1S/C32H25BrN2O4S/c33-27-11-12-28(39-20-21-9-10-22-5-1-3-7-24(22)15-21)26(16-27)17-29-31(37)35(32(38)40-29)19-30(36)34-14-13-23-6-2-4-8-25(23)18-34/h1-12,15-17H,13-14,18-20H2/b29-17-. The zero-order valence-corrected chi connectivity index (χ0v) is 23.9. The van der Waals surface area contributed by atoms with E-state index in [2.05, 4.69) is 46.3 Å². The van der Waals surface area contributed by atoms with Gasteiger partial charge in [0.1, 0.15) is 18.9 Å². The van der Waals surface area contributed by atoms with E-state index in [1.807, 2.05) is 54.6 Å².